The Labute approximate surface area is 229 Å². The van der Waals surface area contributed by atoms with Crippen LogP contribution in [-0.2, 0) is 16.1 Å². The Morgan fingerprint density at radius 1 is 0.821 bits per heavy atom. The number of aromatic nitrogens is 2. The number of benzene rings is 3. The molecule has 0 unspecified atom stereocenters. The van der Waals surface area contributed by atoms with Crippen molar-refractivity contribution in [3.8, 4) is 0 Å². The van der Waals surface area contributed by atoms with Crippen LogP contribution >= 0.6 is 11.8 Å². The van der Waals surface area contributed by atoms with E-state index < -0.39 is 6.29 Å². The fraction of sp³-hybridized carbons (Fsp3) is 0.200. The summed E-state index contributed by atoms with van der Waals surface area (Å²) in [7, 11) is 0. The van der Waals surface area contributed by atoms with Crippen LogP contribution in [-0.4, -0.2) is 38.7 Å². The Bertz CT molecular complexity index is 1450. The van der Waals surface area contributed by atoms with E-state index in [1.165, 1.54) is 16.7 Å². The van der Waals surface area contributed by atoms with E-state index in [-0.39, 0.29) is 30.6 Å². The molecule has 2 aliphatic rings. The normalized spacial score (nSPS) is 20.7. The first-order valence-corrected chi connectivity index (χ1v) is 13.6. The Morgan fingerprint density at radius 3 is 2.10 bits per heavy atom. The largest absolute Gasteiger partial charge is 0.392 e. The third kappa shape index (κ3) is 5.22. The molecule has 0 radical (unpaired) electrons. The molecule has 3 aromatic carbocycles. The molecule has 2 amide bonds. The summed E-state index contributed by atoms with van der Waals surface area (Å²) in [5.74, 6) is -0.0253. The van der Waals surface area contributed by atoms with Crippen LogP contribution in [0.4, 0.5) is 5.69 Å². The molecule has 1 N–H and O–H groups in total. The number of ether oxygens (including phenoxy) is 2. The lowest BCUT2D eigenvalue weighted by Crippen LogP contribution is -2.31. The van der Waals surface area contributed by atoms with Gasteiger partial charge in [-0.25, -0.2) is 14.9 Å². The number of amides is 2. The first-order valence-electron chi connectivity index (χ1n) is 12.6. The molecule has 39 heavy (non-hydrogen) atoms. The first kappa shape index (κ1) is 25.4. The average Bonchev–Trinajstić information content (AvgIpc) is 3.26. The highest BCUT2D eigenvalue weighted by atomic mass is 32.2. The van der Waals surface area contributed by atoms with Gasteiger partial charge in [0.25, 0.3) is 11.8 Å². The van der Waals surface area contributed by atoms with Crippen molar-refractivity contribution in [3.63, 3.8) is 0 Å². The van der Waals surface area contributed by atoms with Crippen LogP contribution in [0.5, 0.6) is 0 Å². The number of hydrogen-bond acceptors (Lipinski definition) is 8. The molecule has 8 nitrogen and oxygen atoms in total. The highest BCUT2D eigenvalue weighted by molar-refractivity contribution is 7.99. The SMILES string of the molecule is O=C1c2ccccc2C(=O)N1c1ccc([C@@H]2O[C@H](CSc3ncccn3)C[C@H](c3ccc(CO)cc3)O2)cc1. The fourth-order valence-corrected chi connectivity index (χ4v) is 5.57. The Hall–Kier alpha value is -3.89. The zero-order valence-electron chi connectivity index (χ0n) is 20.8. The number of thioether (sulfide) groups is 1. The Morgan fingerprint density at radius 2 is 1.46 bits per heavy atom. The van der Waals surface area contributed by atoms with Crippen LogP contribution in [0.25, 0.3) is 0 Å². The van der Waals surface area contributed by atoms with Crippen LogP contribution < -0.4 is 4.90 Å². The summed E-state index contributed by atoms with van der Waals surface area (Å²) in [6, 6.07) is 23.5. The predicted molar refractivity (Wildman–Crippen MR) is 145 cm³/mol. The minimum absolute atomic E-state index is 0.0205. The van der Waals surface area contributed by atoms with Gasteiger partial charge in [-0.05, 0) is 41.5 Å². The lowest BCUT2D eigenvalue weighted by atomic mass is 10.0. The van der Waals surface area contributed by atoms with Gasteiger partial charge in [0.1, 0.15) is 0 Å². The van der Waals surface area contributed by atoms with Crippen molar-refractivity contribution in [1.29, 1.82) is 0 Å². The summed E-state index contributed by atoms with van der Waals surface area (Å²) in [5, 5.41) is 10.1. The maximum absolute atomic E-state index is 12.9. The number of carbonyl (C=O) groups excluding carboxylic acids is 2. The molecular weight excluding hydrogens is 514 g/mol. The van der Waals surface area contributed by atoms with Crippen molar-refractivity contribution in [1.82, 2.24) is 9.97 Å². The molecule has 1 fully saturated rings. The number of rotatable bonds is 7. The average molecular weight is 540 g/mol. The standard InChI is InChI=1S/C30H25N3O5S/c34-17-19-6-8-20(9-7-19)26-16-23(18-39-30-31-14-3-15-32-30)37-29(38-26)21-10-12-22(13-11-21)33-27(35)24-4-1-2-5-25(24)28(33)36/h1-15,23,26,29,34H,16-18H2/t23-,26+,29+/m0/s1. The molecule has 4 aromatic rings. The van der Waals surface area contributed by atoms with Gasteiger partial charge < -0.3 is 14.6 Å². The van der Waals surface area contributed by atoms with E-state index in [0.717, 1.165) is 16.7 Å². The number of nitrogens with zero attached hydrogens (tertiary/aromatic N) is 3. The molecule has 1 saturated heterocycles. The van der Waals surface area contributed by atoms with E-state index >= 15 is 0 Å². The summed E-state index contributed by atoms with van der Waals surface area (Å²) in [6.45, 7) is -0.0205. The van der Waals surface area contributed by atoms with Crippen molar-refractivity contribution in [3.05, 3.63) is 119 Å². The molecule has 0 spiro atoms. The third-order valence-electron chi connectivity index (χ3n) is 6.77. The summed E-state index contributed by atoms with van der Waals surface area (Å²) < 4.78 is 12.8. The molecular formula is C30H25N3O5S. The lowest BCUT2D eigenvalue weighted by molar-refractivity contribution is -0.245. The van der Waals surface area contributed by atoms with Crippen molar-refractivity contribution in [2.24, 2.45) is 0 Å². The van der Waals surface area contributed by atoms with Gasteiger partial charge >= 0.3 is 0 Å². The van der Waals surface area contributed by atoms with Crippen molar-refractivity contribution >= 4 is 29.3 Å². The van der Waals surface area contributed by atoms with Crippen LogP contribution in [0, 0.1) is 0 Å². The molecule has 3 heterocycles. The topological polar surface area (TPSA) is 102 Å². The molecule has 9 heteroatoms. The first-order chi connectivity index (χ1) is 19.1. The summed E-state index contributed by atoms with van der Waals surface area (Å²) in [5.41, 5.74) is 3.91. The third-order valence-corrected chi connectivity index (χ3v) is 7.78. The second-order valence-electron chi connectivity index (χ2n) is 9.28. The van der Waals surface area contributed by atoms with Crippen LogP contribution in [0.3, 0.4) is 0 Å². The minimum Gasteiger partial charge on any atom is -0.392 e. The van der Waals surface area contributed by atoms with Crippen molar-refractivity contribution in [2.45, 2.75) is 36.7 Å². The number of carbonyl (C=O) groups is 2. The summed E-state index contributed by atoms with van der Waals surface area (Å²) in [6.07, 6.45) is 3.04. The molecule has 0 saturated carbocycles. The smallest absolute Gasteiger partial charge is 0.266 e. The molecule has 0 bridgehead atoms. The highest BCUT2D eigenvalue weighted by Crippen LogP contribution is 2.40. The Balaban J connectivity index is 1.23. The number of aliphatic hydroxyl groups excluding tert-OH is 1. The zero-order valence-corrected chi connectivity index (χ0v) is 21.7. The minimum atomic E-state index is -0.653. The maximum Gasteiger partial charge on any atom is 0.266 e. The monoisotopic (exact) mass is 539 g/mol. The summed E-state index contributed by atoms with van der Waals surface area (Å²) in [4.78, 5) is 35.6. The van der Waals surface area contributed by atoms with Crippen LogP contribution in [0.1, 0.15) is 56.2 Å². The van der Waals surface area contributed by atoms with Gasteiger partial charge in [0.15, 0.2) is 11.4 Å². The van der Waals surface area contributed by atoms with E-state index in [1.54, 1.807) is 54.9 Å². The van der Waals surface area contributed by atoms with E-state index in [0.29, 0.717) is 34.1 Å². The number of anilines is 1. The predicted octanol–water partition coefficient (Wildman–Crippen LogP) is 5.11. The second kappa shape index (κ2) is 11.1. The van der Waals surface area contributed by atoms with Gasteiger partial charge in [-0.2, -0.15) is 0 Å². The van der Waals surface area contributed by atoms with Crippen molar-refractivity contribution < 1.29 is 24.2 Å². The number of fused-ring (bicyclic) bond motifs is 1. The van der Waals surface area contributed by atoms with E-state index in [9.17, 15) is 14.7 Å². The molecule has 3 atom stereocenters. The number of imide groups is 1. The number of aliphatic hydroxyl groups is 1. The highest BCUT2D eigenvalue weighted by Gasteiger charge is 2.37. The zero-order chi connectivity index (χ0) is 26.8. The van der Waals surface area contributed by atoms with Gasteiger partial charge in [0.05, 0.1) is 35.6 Å². The van der Waals surface area contributed by atoms with Crippen molar-refractivity contribution in [2.75, 3.05) is 10.7 Å². The van der Waals surface area contributed by atoms with Crippen LogP contribution in [0.15, 0.2) is 96.4 Å². The molecule has 2 aliphatic heterocycles. The van der Waals surface area contributed by atoms with E-state index in [1.807, 2.05) is 36.4 Å². The molecule has 1 aromatic heterocycles. The van der Waals surface area contributed by atoms with Gasteiger partial charge in [-0.1, -0.05) is 60.3 Å². The molecule has 196 valence electrons. The fourth-order valence-electron chi connectivity index (χ4n) is 4.75. The molecule has 0 aliphatic carbocycles. The van der Waals surface area contributed by atoms with Gasteiger partial charge in [0, 0.05) is 30.1 Å². The molecule has 6 rings (SSSR count). The van der Waals surface area contributed by atoms with Gasteiger partial charge in [-0.3, -0.25) is 9.59 Å². The summed E-state index contributed by atoms with van der Waals surface area (Å²) >= 11 is 1.52. The maximum atomic E-state index is 12.9. The van der Waals surface area contributed by atoms with E-state index in [4.69, 9.17) is 9.47 Å². The quantitative estimate of drug-likeness (QED) is 0.197. The lowest BCUT2D eigenvalue weighted by Gasteiger charge is -2.36. The van der Waals surface area contributed by atoms with E-state index in [2.05, 4.69) is 9.97 Å². The number of hydrogen-bond donors (Lipinski definition) is 1. The van der Waals surface area contributed by atoms with Gasteiger partial charge in [0.2, 0.25) is 0 Å². The Kier molecular flexibility index (Phi) is 7.21. The van der Waals surface area contributed by atoms with Crippen LogP contribution in [0.2, 0.25) is 0 Å². The second-order valence-corrected chi connectivity index (χ2v) is 10.3. The van der Waals surface area contributed by atoms with Gasteiger partial charge in [-0.15, -0.1) is 0 Å².